The van der Waals surface area contributed by atoms with E-state index >= 15 is 0 Å². The number of aryl methyl sites for hydroxylation is 2. The molecule has 5 rings (SSSR count). The van der Waals surface area contributed by atoms with Crippen molar-refractivity contribution in [2.24, 2.45) is 0 Å². The Bertz CT molecular complexity index is 1500. The van der Waals surface area contributed by atoms with E-state index in [4.69, 9.17) is 14.6 Å². The van der Waals surface area contributed by atoms with Crippen molar-refractivity contribution in [1.82, 2.24) is 4.57 Å². The van der Waals surface area contributed by atoms with Crippen molar-refractivity contribution in [2.45, 2.75) is 77.5 Å². The van der Waals surface area contributed by atoms with Crippen LogP contribution in [0.15, 0.2) is 72.9 Å². The number of carbonyl (C=O) groups is 2. The largest absolute Gasteiger partial charge is 0.481 e. The summed E-state index contributed by atoms with van der Waals surface area (Å²) in [5.41, 5.74) is 4.75. The SMILES string of the molecule is CCCCC1(c2ccc(CCC)cc2)Oc2ccc(CC(=O)c3cn(CCCC(=O)O)c4ccccc34)cc2O1. The second kappa shape index (κ2) is 12.0. The van der Waals surface area contributed by atoms with Gasteiger partial charge in [-0.3, -0.25) is 9.59 Å². The Hall–Kier alpha value is -4.06. The molecule has 0 amide bonds. The molecule has 0 bridgehead atoms. The number of aromatic nitrogens is 1. The third kappa shape index (κ3) is 5.76. The molecule has 6 nitrogen and oxygen atoms in total. The van der Waals surface area contributed by atoms with Crippen LogP contribution in [-0.2, 0) is 30.0 Å². The zero-order valence-corrected chi connectivity index (χ0v) is 23.3. The van der Waals surface area contributed by atoms with Crippen molar-refractivity contribution in [3.05, 3.63) is 95.2 Å². The fourth-order valence-corrected chi connectivity index (χ4v) is 5.53. The molecular formula is C34H37NO5. The van der Waals surface area contributed by atoms with E-state index in [1.165, 1.54) is 5.56 Å². The van der Waals surface area contributed by atoms with Gasteiger partial charge in [-0.15, -0.1) is 0 Å². The van der Waals surface area contributed by atoms with E-state index in [2.05, 4.69) is 38.1 Å². The van der Waals surface area contributed by atoms with Gasteiger partial charge in [0.2, 0.25) is 0 Å². The van der Waals surface area contributed by atoms with E-state index in [0.29, 0.717) is 30.0 Å². The Morgan fingerprint density at radius 2 is 1.62 bits per heavy atom. The number of carboxylic acids is 1. The topological polar surface area (TPSA) is 77.8 Å². The number of benzene rings is 3. The van der Waals surface area contributed by atoms with Crippen LogP contribution in [0.4, 0.5) is 0 Å². The van der Waals surface area contributed by atoms with Crippen molar-refractivity contribution in [2.75, 3.05) is 0 Å². The second-order valence-electron chi connectivity index (χ2n) is 10.6. The predicted molar refractivity (Wildman–Crippen MR) is 156 cm³/mol. The van der Waals surface area contributed by atoms with Gasteiger partial charge < -0.3 is 19.1 Å². The zero-order chi connectivity index (χ0) is 28.1. The number of ether oxygens (including phenoxy) is 2. The van der Waals surface area contributed by atoms with Gasteiger partial charge in [0.1, 0.15) is 0 Å². The zero-order valence-electron chi connectivity index (χ0n) is 23.3. The lowest BCUT2D eigenvalue weighted by atomic mass is 9.97. The number of rotatable bonds is 13. The smallest absolute Gasteiger partial charge is 0.303 e. The summed E-state index contributed by atoms with van der Waals surface area (Å²) in [5, 5.41) is 9.90. The van der Waals surface area contributed by atoms with E-state index in [0.717, 1.165) is 54.1 Å². The third-order valence-corrected chi connectivity index (χ3v) is 7.59. The molecule has 4 aromatic rings. The molecule has 0 aliphatic carbocycles. The van der Waals surface area contributed by atoms with E-state index < -0.39 is 11.8 Å². The fraction of sp³-hybridized carbons (Fsp3) is 0.353. The number of unbranched alkanes of at least 4 members (excludes halogenated alkanes) is 1. The third-order valence-electron chi connectivity index (χ3n) is 7.59. The van der Waals surface area contributed by atoms with Crippen molar-refractivity contribution in [1.29, 1.82) is 0 Å². The predicted octanol–water partition coefficient (Wildman–Crippen LogP) is 7.70. The maximum atomic E-state index is 13.5. The monoisotopic (exact) mass is 539 g/mol. The molecule has 1 unspecified atom stereocenters. The van der Waals surface area contributed by atoms with Gasteiger partial charge in [-0.2, -0.15) is 0 Å². The number of nitrogens with zero attached hydrogens (tertiary/aromatic N) is 1. The first-order valence-corrected chi connectivity index (χ1v) is 14.4. The molecule has 0 radical (unpaired) electrons. The first kappa shape index (κ1) is 27.5. The van der Waals surface area contributed by atoms with Gasteiger partial charge in [-0.1, -0.05) is 75.2 Å². The minimum atomic E-state index is -0.866. The minimum absolute atomic E-state index is 0.0100. The molecular weight excluding hydrogens is 502 g/mol. The molecule has 0 saturated heterocycles. The highest BCUT2D eigenvalue weighted by atomic mass is 16.7. The Morgan fingerprint density at radius 1 is 0.875 bits per heavy atom. The molecule has 40 heavy (non-hydrogen) atoms. The molecule has 1 aliphatic heterocycles. The van der Waals surface area contributed by atoms with Gasteiger partial charge >= 0.3 is 5.97 Å². The molecule has 1 aromatic heterocycles. The number of aliphatic carboxylic acids is 1. The maximum Gasteiger partial charge on any atom is 0.303 e. The van der Waals surface area contributed by atoms with Gasteiger partial charge in [0.15, 0.2) is 17.3 Å². The first-order valence-electron chi connectivity index (χ1n) is 14.4. The normalized spacial score (nSPS) is 15.9. The Kier molecular flexibility index (Phi) is 8.24. The van der Waals surface area contributed by atoms with Crippen molar-refractivity contribution in [3.63, 3.8) is 0 Å². The van der Waals surface area contributed by atoms with Crippen LogP contribution in [0.3, 0.4) is 0 Å². The molecule has 0 spiro atoms. The number of carboxylic acid groups (broad SMARTS) is 1. The summed E-state index contributed by atoms with van der Waals surface area (Å²) in [6, 6.07) is 22.1. The van der Waals surface area contributed by atoms with Crippen LogP contribution in [-0.4, -0.2) is 21.4 Å². The number of para-hydroxylation sites is 1. The average molecular weight is 540 g/mol. The molecule has 0 saturated carbocycles. The lowest BCUT2D eigenvalue weighted by Gasteiger charge is -2.28. The van der Waals surface area contributed by atoms with E-state index in [1.54, 1.807) is 0 Å². The summed E-state index contributed by atoms with van der Waals surface area (Å²) in [5.74, 6) is -0.316. The van der Waals surface area contributed by atoms with Crippen molar-refractivity contribution >= 4 is 22.7 Å². The summed E-state index contributed by atoms with van der Waals surface area (Å²) in [6.45, 7) is 4.88. The van der Waals surface area contributed by atoms with E-state index in [-0.39, 0.29) is 18.6 Å². The summed E-state index contributed by atoms with van der Waals surface area (Å²) in [4.78, 5) is 24.5. The number of carbonyl (C=O) groups excluding carboxylic acids is 1. The standard InChI is InChI=1S/C34H37NO5/c1-3-5-19-34(26-16-13-24(9-4-2)14-17-26)39-31-18-15-25(22-32(31)40-34)21-30(36)28-23-35(20-8-12-33(37)38)29-11-7-6-10-27(28)29/h6-7,10-11,13-18,22-23H,3-5,8-9,12,19-21H2,1-2H3,(H,37,38). The van der Waals surface area contributed by atoms with Crippen molar-refractivity contribution in [3.8, 4) is 11.5 Å². The van der Waals surface area contributed by atoms with Crippen molar-refractivity contribution < 1.29 is 24.2 Å². The number of Topliss-reactive ketones (excluding diaryl/α,β-unsaturated/α-hetero) is 1. The number of hydrogen-bond donors (Lipinski definition) is 1. The first-order chi connectivity index (χ1) is 19.4. The molecule has 208 valence electrons. The minimum Gasteiger partial charge on any atom is -0.481 e. The molecule has 0 fully saturated rings. The maximum absolute atomic E-state index is 13.5. The van der Waals surface area contributed by atoms with E-state index in [9.17, 15) is 9.59 Å². The van der Waals surface area contributed by atoms with E-state index in [1.807, 2.05) is 53.2 Å². The Morgan fingerprint density at radius 3 is 2.38 bits per heavy atom. The molecule has 1 N–H and O–H groups in total. The number of hydrogen-bond acceptors (Lipinski definition) is 4. The lowest BCUT2D eigenvalue weighted by Crippen LogP contribution is -2.35. The summed E-state index contributed by atoms with van der Waals surface area (Å²) in [6.07, 6.45) is 7.57. The highest BCUT2D eigenvalue weighted by Gasteiger charge is 2.43. The summed E-state index contributed by atoms with van der Waals surface area (Å²) >= 11 is 0. The van der Waals surface area contributed by atoms with Crippen LogP contribution >= 0.6 is 0 Å². The Balaban J connectivity index is 1.36. The number of fused-ring (bicyclic) bond motifs is 2. The Labute approximate surface area is 235 Å². The van der Waals surface area contributed by atoms with Gasteiger partial charge in [-0.25, -0.2) is 0 Å². The molecule has 1 aliphatic rings. The fourth-order valence-electron chi connectivity index (χ4n) is 5.53. The van der Waals surface area contributed by atoms with Gasteiger partial charge in [0.05, 0.1) is 0 Å². The quantitative estimate of drug-likeness (QED) is 0.176. The van der Waals surface area contributed by atoms with Gasteiger partial charge in [0, 0.05) is 54.0 Å². The lowest BCUT2D eigenvalue weighted by molar-refractivity contribution is -0.137. The highest BCUT2D eigenvalue weighted by Crippen LogP contribution is 2.47. The van der Waals surface area contributed by atoms with Crippen LogP contribution in [0.1, 0.15) is 79.4 Å². The molecule has 1 atom stereocenters. The summed E-state index contributed by atoms with van der Waals surface area (Å²) < 4.78 is 15.0. The van der Waals surface area contributed by atoms with Crippen LogP contribution in [0, 0.1) is 0 Å². The van der Waals surface area contributed by atoms with Crippen LogP contribution in [0.2, 0.25) is 0 Å². The van der Waals surface area contributed by atoms with Gasteiger partial charge in [0.25, 0.3) is 5.79 Å². The second-order valence-corrected chi connectivity index (χ2v) is 10.6. The van der Waals surface area contributed by atoms with Crippen LogP contribution in [0.5, 0.6) is 11.5 Å². The average Bonchev–Trinajstić information content (AvgIpc) is 3.51. The van der Waals surface area contributed by atoms with Crippen LogP contribution < -0.4 is 9.47 Å². The molecule has 2 heterocycles. The number of ketones is 1. The van der Waals surface area contributed by atoms with Crippen LogP contribution in [0.25, 0.3) is 10.9 Å². The molecule has 6 heteroatoms. The molecule has 3 aromatic carbocycles. The summed E-state index contributed by atoms with van der Waals surface area (Å²) in [7, 11) is 0. The highest BCUT2D eigenvalue weighted by molar-refractivity contribution is 6.08. The van der Waals surface area contributed by atoms with Gasteiger partial charge in [-0.05, 0) is 48.6 Å².